The van der Waals surface area contributed by atoms with E-state index in [1.807, 2.05) is 0 Å². The average molecular weight is 281 g/mol. The highest BCUT2D eigenvalue weighted by Crippen LogP contribution is 2.36. The largest absolute Gasteiger partial charge is 0.452 e. The van der Waals surface area contributed by atoms with Gasteiger partial charge in [0.25, 0.3) is 5.78 Å². The Morgan fingerprint density at radius 2 is 1.58 bits per heavy atom. The molecule has 1 aliphatic rings. The van der Waals surface area contributed by atoms with Crippen molar-refractivity contribution >= 4 is 11.9 Å². The second kappa shape index (κ2) is 5.02. The molecule has 4 nitrogen and oxygen atoms in total. The van der Waals surface area contributed by atoms with Crippen molar-refractivity contribution in [3.63, 3.8) is 0 Å². The molecule has 0 radical (unpaired) electrons. The lowest BCUT2D eigenvalue weighted by atomic mass is 9.91. The van der Waals surface area contributed by atoms with Crippen LogP contribution < -0.4 is 5.32 Å². The molecule has 19 heavy (non-hydrogen) atoms. The number of hydrogen-bond acceptors (Lipinski definition) is 3. The van der Waals surface area contributed by atoms with Crippen LogP contribution in [0.15, 0.2) is 0 Å². The van der Waals surface area contributed by atoms with Crippen molar-refractivity contribution in [2.45, 2.75) is 63.8 Å². The summed E-state index contributed by atoms with van der Waals surface area (Å²) in [5.41, 5.74) is -2.69. The average Bonchev–Trinajstić information content (AvgIpc) is 2.61. The Morgan fingerprint density at radius 3 is 1.95 bits per heavy atom. The van der Waals surface area contributed by atoms with Crippen molar-refractivity contribution in [1.29, 1.82) is 0 Å². The van der Waals surface area contributed by atoms with Crippen molar-refractivity contribution in [1.82, 2.24) is 5.32 Å². The SMILES string of the molecule is CC(C)(C)OC(=O)NC1(C(=O)C(F)(F)F)CCCC1. The maximum Gasteiger partial charge on any atom is 0.452 e. The van der Waals surface area contributed by atoms with E-state index in [4.69, 9.17) is 4.74 Å². The summed E-state index contributed by atoms with van der Waals surface area (Å²) in [6.07, 6.45) is -5.03. The molecular formula is C12H18F3NO3. The summed E-state index contributed by atoms with van der Waals surface area (Å²) in [5.74, 6) is -1.90. The number of amides is 1. The van der Waals surface area contributed by atoms with Gasteiger partial charge in [0.15, 0.2) is 0 Å². The number of rotatable bonds is 2. The lowest BCUT2D eigenvalue weighted by Gasteiger charge is -2.30. The fourth-order valence-electron chi connectivity index (χ4n) is 2.16. The number of carbonyl (C=O) groups excluding carboxylic acids is 2. The summed E-state index contributed by atoms with van der Waals surface area (Å²) in [6.45, 7) is 4.79. The number of Topliss-reactive ketones (excluding diaryl/α,β-unsaturated/α-hetero) is 1. The lowest BCUT2D eigenvalue weighted by molar-refractivity contribution is -0.178. The smallest absolute Gasteiger partial charge is 0.444 e. The van der Waals surface area contributed by atoms with Crippen LogP contribution in [-0.4, -0.2) is 29.2 Å². The molecule has 0 aromatic heterocycles. The molecule has 1 N–H and O–H groups in total. The minimum atomic E-state index is -4.96. The summed E-state index contributed by atoms with van der Waals surface area (Å²) in [5, 5.41) is 2.12. The Kier molecular flexibility index (Phi) is 4.17. The molecule has 1 saturated carbocycles. The minimum absolute atomic E-state index is 0.00934. The third kappa shape index (κ3) is 4.11. The van der Waals surface area contributed by atoms with E-state index in [2.05, 4.69) is 5.32 Å². The fourth-order valence-corrected chi connectivity index (χ4v) is 2.16. The van der Waals surface area contributed by atoms with E-state index in [1.54, 1.807) is 20.8 Å². The molecule has 0 bridgehead atoms. The molecule has 0 saturated heterocycles. The summed E-state index contributed by atoms with van der Waals surface area (Å²) in [6, 6.07) is 0. The quantitative estimate of drug-likeness (QED) is 0.846. The zero-order chi connectivity index (χ0) is 14.9. The summed E-state index contributed by atoms with van der Waals surface area (Å²) in [7, 11) is 0. The highest BCUT2D eigenvalue weighted by molar-refractivity contribution is 5.96. The monoisotopic (exact) mass is 281 g/mol. The number of nitrogens with one attached hydrogen (secondary N) is 1. The molecule has 0 atom stereocenters. The standard InChI is InChI=1S/C12H18F3NO3/c1-10(2,3)19-9(18)16-11(6-4-5-7-11)8(17)12(13,14)15/h4-7H2,1-3H3,(H,16,18). The van der Waals surface area contributed by atoms with Crippen molar-refractivity contribution in [2.24, 2.45) is 0 Å². The van der Waals surface area contributed by atoms with Gasteiger partial charge in [0.1, 0.15) is 11.1 Å². The van der Waals surface area contributed by atoms with Gasteiger partial charge >= 0.3 is 12.3 Å². The maximum atomic E-state index is 12.6. The van der Waals surface area contributed by atoms with Crippen LogP contribution in [0.4, 0.5) is 18.0 Å². The Morgan fingerprint density at radius 1 is 1.11 bits per heavy atom. The predicted molar refractivity (Wildman–Crippen MR) is 61.6 cm³/mol. The van der Waals surface area contributed by atoms with Crippen LogP contribution in [0.5, 0.6) is 0 Å². The van der Waals surface area contributed by atoms with Gasteiger partial charge < -0.3 is 10.1 Å². The van der Waals surface area contributed by atoms with E-state index in [0.717, 1.165) is 0 Å². The van der Waals surface area contributed by atoms with Crippen LogP contribution in [0.2, 0.25) is 0 Å². The van der Waals surface area contributed by atoms with Crippen LogP contribution in [-0.2, 0) is 9.53 Å². The van der Waals surface area contributed by atoms with Crippen molar-refractivity contribution in [3.05, 3.63) is 0 Å². The number of halogens is 3. The van der Waals surface area contributed by atoms with Crippen molar-refractivity contribution in [2.75, 3.05) is 0 Å². The molecule has 1 amide bonds. The second-order valence-electron chi connectivity index (χ2n) is 5.74. The first kappa shape index (κ1) is 15.8. The molecule has 1 fully saturated rings. The van der Waals surface area contributed by atoms with Crippen molar-refractivity contribution < 1.29 is 27.5 Å². The predicted octanol–water partition coefficient (Wildman–Crippen LogP) is 2.96. The minimum Gasteiger partial charge on any atom is -0.444 e. The topological polar surface area (TPSA) is 55.4 Å². The number of ketones is 1. The zero-order valence-corrected chi connectivity index (χ0v) is 11.2. The van der Waals surface area contributed by atoms with Gasteiger partial charge in [-0.2, -0.15) is 13.2 Å². The number of ether oxygens (including phenoxy) is 1. The summed E-state index contributed by atoms with van der Waals surface area (Å²) < 4.78 is 42.7. The van der Waals surface area contributed by atoms with Gasteiger partial charge in [0, 0.05) is 0 Å². The van der Waals surface area contributed by atoms with Gasteiger partial charge in [-0.05, 0) is 33.6 Å². The van der Waals surface area contributed by atoms with Gasteiger partial charge in [-0.25, -0.2) is 4.79 Å². The molecule has 1 rings (SSSR count). The number of alkyl carbamates (subject to hydrolysis) is 1. The normalized spacial score (nSPS) is 19.1. The third-order valence-corrected chi connectivity index (χ3v) is 2.89. The number of carbonyl (C=O) groups is 2. The van der Waals surface area contributed by atoms with E-state index in [1.165, 1.54) is 0 Å². The van der Waals surface area contributed by atoms with Gasteiger partial charge in [-0.3, -0.25) is 4.79 Å². The van der Waals surface area contributed by atoms with Gasteiger partial charge in [-0.1, -0.05) is 12.8 Å². The third-order valence-electron chi connectivity index (χ3n) is 2.89. The highest BCUT2D eigenvalue weighted by atomic mass is 19.4. The van der Waals surface area contributed by atoms with Crippen LogP contribution in [0.1, 0.15) is 46.5 Å². The summed E-state index contributed by atoms with van der Waals surface area (Å²) >= 11 is 0. The van der Waals surface area contributed by atoms with Crippen LogP contribution in [0.3, 0.4) is 0 Å². The first-order valence-electron chi connectivity index (χ1n) is 6.09. The Labute approximate surface area is 109 Å². The molecule has 0 aliphatic heterocycles. The van der Waals surface area contributed by atoms with E-state index in [-0.39, 0.29) is 12.8 Å². The molecule has 0 unspecified atom stereocenters. The molecule has 0 heterocycles. The highest BCUT2D eigenvalue weighted by Gasteiger charge is 2.55. The molecule has 0 aromatic carbocycles. The Hall–Kier alpha value is -1.27. The first-order chi connectivity index (χ1) is 8.46. The maximum absolute atomic E-state index is 12.6. The molecular weight excluding hydrogens is 263 g/mol. The number of alkyl halides is 3. The molecule has 1 aliphatic carbocycles. The van der Waals surface area contributed by atoms with Crippen molar-refractivity contribution in [3.8, 4) is 0 Å². The molecule has 7 heteroatoms. The van der Waals surface area contributed by atoms with Crippen LogP contribution in [0, 0.1) is 0 Å². The van der Waals surface area contributed by atoms with Crippen LogP contribution >= 0.6 is 0 Å². The molecule has 0 spiro atoms. The molecule has 110 valence electrons. The fraction of sp³-hybridized carbons (Fsp3) is 0.833. The zero-order valence-electron chi connectivity index (χ0n) is 11.2. The van der Waals surface area contributed by atoms with E-state index in [0.29, 0.717) is 12.8 Å². The first-order valence-corrected chi connectivity index (χ1v) is 6.09. The van der Waals surface area contributed by atoms with E-state index < -0.39 is 29.2 Å². The Bertz CT molecular complexity index is 365. The molecule has 0 aromatic rings. The summed E-state index contributed by atoms with van der Waals surface area (Å²) in [4.78, 5) is 23.1. The number of hydrogen-bond donors (Lipinski definition) is 1. The van der Waals surface area contributed by atoms with E-state index >= 15 is 0 Å². The van der Waals surface area contributed by atoms with E-state index in [9.17, 15) is 22.8 Å². The lowest BCUT2D eigenvalue weighted by Crippen LogP contribution is -2.57. The van der Waals surface area contributed by atoms with Gasteiger partial charge in [-0.15, -0.1) is 0 Å². The second-order valence-corrected chi connectivity index (χ2v) is 5.74. The van der Waals surface area contributed by atoms with Gasteiger partial charge in [0.2, 0.25) is 0 Å². The van der Waals surface area contributed by atoms with Crippen LogP contribution in [0.25, 0.3) is 0 Å². The Balaban J connectivity index is 2.84. The van der Waals surface area contributed by atoms with Gasteiger partial charge in [0.05, 0.1) is 0 Å².